The van der Waals surface area contributed by atoms with E-state index in [0.29, 0.717) is 27.4 Å². The number of nitrogens with one attached hydrogen (secondary N) is 1. The first-order valence-electron chi connectivity index (χ1n) is 10.8. The highest BCUT2D eigenvalue weighted by Gasteiger charge is 2.30. The van der Waals surface area contributed by atoms with Gasteiger partial charge in [0.1, 0.15) is 18.2 Å². The van der Waals surface area contributed by atoms with Gasteiger partial charge in [-0.15, -0.1) is 0 Å². The molecule has 0 spiro atoms. The van der Waals surface area contributed by atoms with E-state index in [-0.39, 0.29) is 46.8 Å². The molecular weight excluding hydrogens is 530 g/mol. The van der Waals surface area contributed by atoms with E-state index in [2.05, 4.69) is 10.3 Å². The van der Waals surface area contributed by atoms with Crippen molar-refractivity contribution in [1.82, 2.24) is 5.32 Å². The third-order valence-corrected chi connectivity index (χ3v) is 6.26. The molecule has 1 heterocycles. The minimum atomic E-state index is -1.29. The number of amides is 1. The largest absolute Gasteiger partial charge is 0.490 e. The molecule has 4 rings (SSSR count). The van der Waals surface area contributed by atoms with E-state index in [1.165, 1.54) is 31.4 Å². The first-order valence-corrected chi connectivity index (χ1v) is 12.0. The molecule has 0 fully saturated rings. The van der Waals surface area contributed by atoms with Gasteiger partial charge < -0.3 is 14.8 Å². The van der Waals surface area contributed by atoms with Crippen LogP contribution in [0.25, 0.3) is 0 Å². The molecular formula is C26H20Cl3FN2O4. The lowest BCUT2D eigenvalue weighted by molar-refractivity contribution is -0.120. The summed E-state index contributed by atoms with van der Waals surface area (Å²) in [5.74, 6) is -1.60. The minimum absolute atomic E-state index is 0.00268. The predicted molar refractivity (Wildman–Crippen MR) is 137 cm³/mol. The third kappa shape index (κ3) is 5.71. The molecule has 6 nitrogen and oxygen atoms in total. The first-order chi connectivity index (χ1) is 17.3. The lowest BCUT2D eigenvalue weighted by atomic mass is 9.96. The number of nitrogens with zero attached hydrogens (tertiary/aromatic N) is 1. The lowest BCUT2D eigenvalue weighted by Crippen LogP contribution is -2.40. The van der Waals surface area contributed by atoms with Gasteiger partial charge in [-0.2, -0.15) is 0 Å². The summed E-state index contributed by atoms with van der Waals surface area (Å²) in [6, 6.07) is 13.8. The average Bonchev–Trinajstić information content (AvgIpc) is 2.96. The molecule has 1 amide bonds. The van der Waals surface area contributed by atoms with Crippen molar-refractivity contribution in [3.63, 3.8) is 0 Å². The van der Waals surface area contributed by atoms with Crippen molar-refractivity contribution in [2.45, 2.75) is 12.6 Å². The Bertz CT molecular complexity index is 1340. The van der Waals surface area contributed by atoms with Gasteiger partial charge in [-0.1, -0.05) is 59.1 Å². The number of Topliss-reactive ketones (excluding diaryl/α,β-unsaturated/α-hetero) is 1. The summed E-state index contributed by atoms with van der Waals surface area (Å²) in [5.41, 5.74) is 1.94. The molecule has 0 unspecified atom stereocenters. The smallest absolute Gasteiger partial charge is 0.257 e. The number of carbonyl (C=O) groups excluding carboxylic acids is 2. The van der Waals surface area contributed by atoms with Gasteiger partial charge in [0.25, 0.3) is 5.91 Å². The Labute approximate surface area is 222 Å². The Morgan fingerprint density at radius 1 is 1.08 bits per heavy atom. The van der Waals surface area contributed by atoms with Crippen LogP contribution in [0.5, 0.6) is 5.75 Å². The molecule has 0 bridgehead atoms. The molecule has 3 aromatic rings. The Kier molecular flexibility index (Phi) is 8.26. The molecule has 1 atom stereocenters. The van der Waals surface area contributed by atoms with Crippen molar-refractivity contribution in [1.29, 1.82) is 0 Å². The quantitative estimate of drug-likeness (QED) is 0.393. The average molecular weight is 550 g/mol. The zero-order valence-corrected chi connectivity index (χ0v) is 21.3. The van der Waals surface area contributed by atoms with E-state index in [4.69, 9.17) is 44.3 Å². The maximum Gasteiger partial charge on any atom is 0.257 e. The molecule has 186 valence electrons. The summed E-state index contributed by atoms with van der Waals surface area (Å²) >= 11 is 19.0. The maximum atomic E-state index is 14.0. The minimum Gasteiger partial charge on any atom is -0.490 e. The van der Waals surface area contributed by atoms with Gasteiger partial charge in [-0.05, 0) is 35.9 Å². The van der Waals surface area contributed by atoms with Crippen molar-refractivity contribution in [3.8, 4) is 5.75 Å². The zero-order chi connectivity index (χ0) is 25.8. The van der Waals surface area contributed by atoms with Gasteiger partial charge in [0.2, 0.25) is 0 Å². The van der Waals surface area contributed by atoms with Crippen LogP contribution in [0.2, 0.25) is 15.1 Å². The normalized spacial score (nSPS) is 15.1. The monoisotopic (exact) mass is 548 g/mol. The molecule has 1 aliphatic rings. The Hall–Kier alpha value is -2.97. The van der Waals surface area contributed by atoms with Crippen LogP contribution in [0.3, 0.4) is 0 Å². The summed E-state index contributed by atoms with van der Waals surface area (Å²) < 4.78 is 24.5. The van der Waals surface area contributed by atoms with E-state index in [0.717, 1.165) is 6.07 Å². The van der Waals surface area contributed by atoms with Crippen LogP contribution in [-0.2, 0) is 16.0 Å². The Morgan fingerprint density at radius 2 is 1.81 bits per heavy atom. The topological polar surface area (TPSA) is 77.0 Å². The summed E-state index contributed by atoms with van der Waals surface area (Å²) in [6.07, 6.45) is -1.30. The fraction of sp³-hybridized carbons (Fsp3) is 0.192. The molecule has 0 saturated heterocycles. The second-order valence-electron chi connectivity index (χ2n) is 7.88. The number of fused-ring (bicyclic) bond motifs is 1. The van der Waals surface area contributed by atoms with E-state index < -0.39 is 17.9 Å². The lowest BCUT2D eigenvalue weighted by Gasteiger charge is -2.17. The van der Waals surface area contributed by atoms with E-state index in [9.17, 15) is 14.0 Å². The highest BCUT2D eigenvalue weighted by molar-refractivity contribution is 6.43. The summed E-state index contributed by atoms with van der Waals surface area (Å²) in [5, 5.41) is 3.41. The summed E-state index contributed by atoms with van der Waals surface area (Å²) in [6.45, 7) is 0.421. The molecule has 10 heteroatoms. The Morgan fingerprint density at radius 3 is 2.53 bits per heavy atom. The van der Waals surface area contributed by atoms with Gasteiger partial charge in [0.15, 0.2) is 11.9 Å². The van der Waals surface area contributed by atoms with Crippen molar-refractivity contribution >= 4 is 52.2 Å². The van der Waals surface area contributed by atoms with Gasteiger partial charge in [-0.25, -0.2) is 4.39 Å². The van der Waals surface area contributed by atoms with Crippen molar-refractivity contribution in [3.05, 3.63) is 97.7 Å². The SMILES string of the molecule is COCCOc1ccc(F)cc1C(=O)N[C@H]1N=C(c2c(Cl)cc(Cl)cc2Cl)c2ccccc2CC1=O. The first kappa shape index (κ1) is 26.1. The van der Waals surface area contributed by atoms with Crippen LogP contribution >= 0.6 is 34.8 Å². The number of rotatable bonds is 7. The molecule has 1 N–H and O–H groups in total. The van der Waals surface area contributed by atoms with Gasteiger partial charge in [0, 0.05) is 29.7 Å². The van der Waals surface area contributed by atoms with Crippen LogP contribution in [0.4, 0.5) is 4.39 Å². The number of ketones is 1. The van der Waals surface area contributed by atoms with E-state index in [1.54, 1.807) is 24.3 Å². The van der Waals surface area contributed by atoms with Gasteiger partial charge in [-0.3, -0.25) is 14.6 Å². The third-order valence-electron chi connectivity index (χ3n) is 5.44. The second kappa shape index (κ2) is 11.4. The molecule has 0 radical (unpaired) electrons. The standard InChI is InChI=1S/C26H20Cl3FN2O4/c1-35-8-9-36-22-7-6-16(30)13-18(22)26(34)32-25-21(33)10-14-4-2-3-5-17(14)24(31-25)23-19(28)11-15(27)12-20(23)29/h2-7,11-13,25H,8-10H2,1H3,(H,32,34)/t25-/m1/s1. The van der Waals surface area contributed by atoms with Crippen LogP contribution in [-0.4, -0.2) is 43.9 Å². The van der Waals surface area contributed by atoms with Crippen molar-refractivity contribution < 1.29 is 23.5 Å². The van der Waals surface area contributed by atoms with Gasteiger partial charge in [0.05, 0.1) is 27.9 Å². The van der Waals surface area contributed by atoms with Crippen LogP contribution < -0.4 is 10.1 Å². The second-order valence-corrected chi connectivity index (χ2v) is 9.13. The van der Waals surface area contributed by atoms with E-state index in [1.807, 2.05) is 0 Å². The Balaban J connectivity index is 1.75. The number of hydrogen-bond donors (Lipinski definition) is 1. The molecule has 0 saturated carbocycles. The number of ether oxygens (including phenoxy) is 2. The number of aliphatic imine (C=N–C) groups is 1. The molecule has 3 aromatic carbocycles. The van der Waals surface area contributed by atoms with Gasteiger partial charge >= 0.3 is 0 Å². The number of halogens is 4. The number of hydrogen-bond acceptors (Lipinski definition) is 5. The van der Waals surface area contributed by atoms with Crippen LogP contribution in [0.15, 0.2) is 59.6 Å². The number of benzene rings is 3. The highest BCUT2D eigenvalue weighted by atomic mass is 35.5. The molecule has 36 heavy (non-hydrogen) atoms. The predicted octanol–water partition coefficient (Wildman–Crippen LogP) is 5.53. The molecule has 1 aliphatic heterocycles. The fourth-order valence-corrected chi connectivity index (χ4v) is 4.78. The zero-order valence-electron chi connectivity index (χ0n) is 19.0. The summed E-state index contributed by atoms with van der Waals surface area (Å²) in [4.78, 5) is 30.9. The van der Waals surface area contributed by atoms with E-state index >= 15 is 0 Å². The molecule has 0 aliphatic carbocycles. The van der Waals surface area contributed by atoms with Crippen molar-refractivity contribution in [2.75, 3.05) is 20.3 Å². The highest BCUT2D eigenvalue weighted by Crippen LogP contribution is 2.33. The fourth-order valence-electron chi connectivity index (χ4n) is 3.78. The number of carbonyl (C=O) groups is 2. The van der Waals surface area contributed by atoms with Crippen LogP contribution in [0, 0.1) is 5.82 Å². The number of methoxy groups -OCH3 is 1. The van der Waals surface area contributed by atoms with Crippen LogP contribution in [0.1, 0.15) is 27.0 Å². The summed E-state index contributed by atoms with van der Waals surface area (Å²) in [7, 11) is 1.51. The van der Waals surface area contributed by atoms with Crippen molar-refractivity contribution in [2.24, 2.45) is 4.99 Å². The maximum absolute atomic E-state index is 14.0. The molecule has 0 aromatic heterocycles.